The molecule has 0 radical (unpaired) electrons. The van der Waals surface area contributed by atoms with Gasteiger partial charge in [-0.15, -0.1) is 0 Å². The normalized spacial score (nSPS) is 11.3. The molecular formula is C19H23ClN2O5S. The van der Waals surface area contributed by atoms with Crippen molar-refractivity contribution < 1.29 is 22.7 Å². The molecule has 0 heterocycles. The van der Waals surface area contributed by atoms with Gasteiger partial charge in [-0.2, -0.15) is 0 Å². The van der Waals surface area contributed by atoms with Crippen LogP contribution in [-0.4, -0.2) is 40.6 Å². The summed E-state index contributed by atoms with van der Waals surface area (Å²) in [6.07, 6.45) is 0. The maximum absolute atomic E-state index is 12.5. The molecule has 7 nitrogen and oxygen atoms in total. The van der Waals surface area contributed by atoms with Crippen molar-refractivity contribution in [1.82, 2.24) is 10.0 Å². The summed E-state index contributed by atoms with van der Waals surface area (Å²) in [5.74, 6) is 0.352. The molecule has 0 atom stereocenters. The molecule has 0 aromatic heterocycles. The monoisotopic (exact) mass is 426 g/mol. The highest BCUT2D eigenvalue weighted by atomic mass is 35.5. The first-order valence-corrected chi connectivity index (χ1v) is 10.5. The second-order valence-corrected chi connectivity index (χ2v) is 8.34. The van der Waals surface area contributed by atoms with Gasteiger partial charge in [-0.05, 0) is 44.2 Å². The minimum atomic E-state index is -3.83. The van der Waals surface area contributed by atoms with Gasteiger partial charge in [0.05, 0.1) is 22.6 Å². The van der Waals surface area contributed by atoms with Crippen LogP contribution in [0.1, 0.15) is 24.2 Å². The lowest BCUT2D eigenvalue weighted by Gasteiger charge is -2.14. The third kappa shape index (κ3) is 5.85. The topological polar surface area (TPSA) is 93.7 Å². The Bertz CT molecular complexity index is 932. The minimum absolute atomic E-state index is 0.0348. The summed E-state index contributed by atoms with van der Waals surface area (Å²) >= 11 is 5.99. The number of ether oxygens (including phenoxy) is 2. The van der Waals surface area contributed by atoms with Crippen LogP contribution in [0.4, 0.5) is 0 Å². The standard InChI is InChI=1S/C19H23ClN2O5S/c1-13(2)22-19(23)15-12-14(8-9-17(15)26-3)28(24,25)21-10-11-27-18-7-5-4-6-16(18)20/h4-9,12-13,21H,10-11H2,1-3H3,(H,22,23). The Morgan fingerprint density at radius 1 is 1.14 bits per heavy atom. The fourth-order valence-electron chi connectivity index (χ4n) is 2.35. The average Bonchev–Trinajstić information content (AvgIpc) is 2.65. The number of carbonyl (C=O) groups is 1. The number of benzene rings is 2. The van der Waals surface area contributed by atoms with Crippen LogP contribution in [0.15, 0.2) is 47.4 Å². The van der Waals surface area contributed by atoms with Crippen LogP contribution in [-0.2, 0) is 10.0 Å². The highest BCUT2D eigenvalue weighted by Crippen LogP contribution is 2.24. The molecule has 2 N–H and O–H groups in total. The Labute approximate surface area is 170 Å². The van der Waals surface area contributed by atoms with Crippen LogP contribution in [0.5, 0.6) is 11.5 Å². The maximum Gasteiger partial charge on any atom is 0.255 e. The molecule has 2 rings (SSSR count). The molecule has 0 unspecified atom stereocenters. The molecule has 0 saturated carbocycles. The molecule has 2 aromatic rings. The van der Waals surface area contributed by atoms with E-state index in [4.69, 9.17) is 21.1 Å². The average molecular weight is 427 g/mol. The van der Waals surface area contributed by atoms with Crippen LogP contribution >= 0.6 is 11.6 Å². The second kappa shape index (κ2) is 9.77. The van der Waals surface area contributed by atoms with Gasteiger partial charge in [0.25, 0.3) is 5.91 Å². The molecular weight excluding hydrogens is 404 g/mol. The molecule has 0 bridgehead atoms. The molecule has 0 aliphatic carbocycles. The van der Waals surface area contributed by atoms with E-state index in [2.05, 4.69) is 10.0 Å². The van der Waals surface area contributed by atoms with Crippen LogP contribution in [0.3, 0.4) is 0 Å². The van der Waals surface area contributed by atoms with Gasteiger partial charge in [-0.25, -0.2) is 13.1 Å². The third-order valence-corrected chi connectivity index (χ3v) is 5.40. The van der Waals surface area contributed by atoms with Crippen molar-refractivity contribution in [2.45, 2.75) is 24.8 Å². The molecule has 0 fully saturated rings. The van der Waals surface area contributed by atoms with Crippen molar-refractivity contribution in [2.24, 2.45) is 0 Å². The van der Waals surface area contributed by atoms with Gasteiger partial charge in [0.2, 0.25) is 10.0 Å². The summed E-state index contributed by atoms with van der Waals surface area (Å²) in [5, 5.41) is 3.17. The van der Waals surface area contributed by atoms with Gasteiger partial charge in [0.1, 0.15) is 18.1 Å². The van der Waals surface area contributed by atoms with Crippen LogP contribution in [0.25, 0.3) is 0 Å². The first kappa shape index (κ1) is 22.0. The maximum atomic E-state index is 12.5. The second-order valence-electron chi connectivity index (χ2n) is 6.17. The molecule has 0 saturated heterocycles. The van der Waals surface area contributed by atoms with Crippen molar-refractivity contribution in [1.29, 1.82) is 0 Å². The van der Waals surface area contributed by atoms with Crippen LogP contribution < -0.4 is 19.5 Å². The zero-order chi connectivity index (χ0) is 20.7. The third-order valence-electron chi connectivity index (χ3n) is 3.63. The Morgan fingerprint density at radius 3 is 2.50 bits per heavy atom. The van der Waals surface area contributed by atoms with Crippen molar-refractivity contribution in [2.75, 3.05) is 20.3 Å². The summed E-state index contributed by atoms with van der Waals surface area (Å²) in [5.41, 5.74) is 0.145. The molecule has 2 aromatic carbocycles. The smallest absolute Gasteiger partial charge is 0.255 e. The lowest BCUT2D eigenvalue weighted by atomic mass is 10.2. The number of hydrogen-bond acceptors (Lipinski definition) is 5. The molecule has 1 amide bonds. The van der Waals surface area contributed by atoms with E-state index in [0.29, 0.717) is 16.5 Å². The predicted molar refractivity (Wildman–Crippen MR) is 108 cm³/mol. The first-order valence-electron chi connectivity index (χ1n) is 8.60. The van der Waals surface area contributed by atoms with E-state index in [-0.39, 0.29) is 29.7 Å². The Balaban J connectivity index is 2.08. The van der Waals surface area contributed by atoms with Crippen LogP contribution in [0.2, 0.25) is 5.02 Å². The van der Waals surface area contributed by atoms with Gasteiger partial charge >= 0.3 is 0 Å². The van der Waals surface area contributed by atoms with E-state index in [1.165, 1.54) is 25.3 Å². The number of para-hydroxylation sites is 1. The fraction of sp³-hybridized carbons (Fsp3) is 0.316. The SMILES string of the molecule is COc1ccc(S(=O)(=O)NCCOc2ccccc2Cl)cc1C(=O)NC(C)C. The van der Waals surface area contributed by atoms with E-state index >= 15 is 0 Å². The zero-order valence-electron chi connectivity index (χ0n) is 15.9. The number of rotatable bonds is 9. The molecule has 152 valence electrons. The number of carbonyl (C=O) groups excluding carboxylic acids is 1. The Morgan fingerprint density at radius 2 is 1.86 bits per heavy atom. The number of amides is 1. The molecule has 0 spiro atoms. The van der Waals surface area contributed by atoms with E-state index in [0.717, 1.165) is 0 Å². The van der Waals surface area contributed by atoms with Crippen molar-refractivity contribution in [3.8, 4) is 11.5 Å². The van der Waals surface area contributed by atoms with Crippen molar-refractivity contribution in [3.63, 3.8) is 0 Å². The van der Waals surface area contributed by atoms with Gasteiger partial charge < -0.3 is 14.8 Å². The van der Waals surface area contributed by atoms with Crippen molar-refractivity contribution >= 4 is 27.5 Å². The Kier molecular flexibility index (Phi) is 7.68. The number of halogens is 1. The summed E-state index contributed by atoms with van der Waals surface area (Å²) < 4.78 is 38.2. The van der Waals surface area contributed by atoms with Crippen LogP contribution in [0, 0.1) is 0 Å². The predicted octanol–water partition coefficient (Wildman–Crippen LogP) is 2.84. The zero-order valence-corrected chi connectivity index (χ0v) is 17.4. The summed E-state index contributed by atoms with van der Waals surface area (Å²) in [6.45, 7) is 3.75. The molecule has 9 heteroatoms. The summed E-state index contributed by atoms with van der Waals surface area (Å²) in [4.78, 5) is 12.3. The van der Waals surface area contributed by atoms with E-state index in [9.17, 15) is 13.2 Å². The minimum Gasteiger partial charge on any atom is -0.496 e. The van der Waals surface area contributed by atoms with Crippen molar-refractivity contribution in [3.05, 3.63) is 53.1 Å². The Hall–Kier alpha value is -2.29. The van der Waals surface area contributed by atoms with Gasteiger partial charge in [0.15, 0.2) is 0 Å². The van der Waals surface area contributed by atoms with E-state index in [1.807, 2.05) is 13.8 Å². The van der Waals surface area contributed by atoms with Gasteiger partial charge in [-0.1, -0.05) is 23.7 Å². The number of methoxy groups -OCH3 is 1. The lowest BCUT2D eigenvalue weighted by Crippen LogP contribution is -2.31. The quantitative estimate of drug-likeness (QED) is 0.601. The highest BCUT2D eigenvalue weighted by molar-refractivity contribution is 7.89. The highest BCUT2D eigenvalue weighted by Gasteiger charge is 2.20. The fourth-order valence-corrected chi connectivity index (χ4v) is 3.58. The van der Waals surface area contributed by atoms with E-state index in [1.54, 1.807) is 24.3 Å². The number of nitrogens with one attached hydrogen (secondary N) is 2. The first-order chi connectivity index (χ1) is 13.2. The number of hydrogen-bond donors (Lipinski definition) is 2. The number of sulfonamides is 1. The van der Waals surface area contributed by atoms with E-state index < -0.39 is 15.9 Å². The lowest BCUT2D eigenvalue weighted by molar-refractivity contribution is 0.0940. The van der Waals surface area contributed by atoms with Gasteiger partial charge in [0, 0.05) is 12.6 Å². The molecule has 0 aliphatic heterocycles. The molecule has 28 heavy (non-hydrogen) atoms. The molecule has 0 aliphatic rings. The largest absolute Gasteiger partial charge is 0.496 e. The summed E-state index contributed by atoms with van der Waals surface area (Å²) in [7, 11) is -2.42. The van der Waals surface area contributed by atoms with Gasteiger partial charge in [-0.3, -0.25) is 4.79 Å². The summed E-state index contributed by atoms with van der Waals surface area (Å²) in [6, 6.07) is 10.9.